The maximum atomic E-state index is 4.44. The van der Waals surface area contributed by atoms with Crippen molar-refractivity contribution in [3.63, 3.8) is 0 Å². The molecule has 0 amide bonds. The van der Waals surface area contributed by atoms with Crippen LogP contribution in [0.1, 0.15) is 18.3 Å². The molecule has 0 saturated heterocycles. The first kappa shape index (κ1) is 8.94. The quantitative estimate of drug-likeness (QED) is 0.721. The van der Waals surface area contributed by atoms with Crippen LogP contribution >= 0.6 is 0 Å². The molecule has 0 bridgehead atoms. The van der Waals surface area contributed by atoms with E-state index in [9.17, 15) is 0 Å². The maximum Gasteiger partial charge on any atom is 0.0679 e. The molecule has 0 aromatic carbocycles. The molecule has 0 fully saturated rings. The molecule has 3 heteroatoms. The molecule has 14 heavy (non-hydrogen) atoms. The predicted molar refractivity (Wildman–Crippen MR) is 55.5 cm³/mol. The maximum absolute atomic E-state index is 4.44. The number of pyridine rings is 1. The molecule has 2 heterocycles. The Bertz CT molecular complexity index is 417. The van der Waals surface area contributed by atoms with E-state index >= 15 is 0 Å². The van der Waals surface area contributed by atoms with Crippen LogP contribution in [0, 0.1) is 6.92 Å². The Kier molecular flexibility index (Phi) is 2.31. The molecule has 0 aliphatic carbocycles. The summed E-state index contributed by atoms with van der Waals surface area (Å²) in [5, 5.41) is 4.44. The van der Waals surface area contributed by atoms with Crippen molar-refractivity contribution in [2.75, 3.05) is 0 Å². The lowest BCUT2D eigenvalue weighted by molar-refractivity contribution is 0.803. The summed E-state index contributed by atoms with van der Waals surface area (Å²) in [4.78, 5) is 3.99. The zero-order valence-corrected chi connectivity index (χ0v) is 8.44. The van der Waals surface area contributed by atoms with Gasteiger partial charge in [0.25, 0.3) is 0 Å². The van der Waals surface area contributed by atoms with E-state index in [0.717, 1.165) is 17.8 Å². The van der Waals surface area contributed by atoms with Crippen molar-refractivity contribution in [3.05, 3.63) is 42.0 Å². The van der Waals surface area contributed by atoms with Gasteiger partial charge in [-0.3, -0.25) is 4.98 Å². The van der Waals surface area contributed by atoms with Crippen LogP contribution in [0.25, 0.3) is 5.69 Å². The molecule has 0 N–H and O–H groups in total. The molecule has 2 aromatic rings. The summed E-state index contributed by atoms with van der Waals surface area (Å²) in [6.07, 6.45) is 4.56. The van der Waals surface area contributed by atoms with E-state index in [1.807, 2.05) is 23.7 Å². The number of hydrogen-bond acceptors (Lipinski definition) is 2. The number of aromatic nitrogens is 3. The first-order chi connectivity index (χ1) is 6.81. The molecule has 0 atom stereocenters. The van der Waals surface area contributed by atoms with E-state index in [1.54, 1.807) is 12.4 Å². The average molecular weight is 187 g/mol. The van der Waals surface area contributed by atoms with Crippen LogP contribution in [0.2, 0.25) is 0 Å². The van der Waals surface area contributed by atoms with Gasteiger partial charge in [0.15, 0.2) is 0 Å². The van der Waals surface area contributed by atoms with Crippen LogP contribution in [-0.4, -0.2) is 14.8 Å². The minimum Gasteiger partial charge on any atom is -0.265 e. The molecule has 72 valence electrons. The van der Waals surface area contributed by atoms with E-state index in [2.05, 4.69) is 23.1 Å². The predicted octanol–water partition coefficient (Wildman–Crippen LogP) is 2.14. The van der Waals surface area contributed by atoms with Gasteiger partial charge in [-0.25, -0.2) is 4.68 Å². The Morgan fingerprint density at radius 2 is 2.00 bits per heavy atom. The Balaban J connectivity index is 2.51. The molecular weight excluding hydrogens is 174 g/mol. The number of hydrogen-bond donors (Lipinski definition) is 0. The van der Waals surface area contributed by atoms with Crippen molar-refractivity contribution in [2.24, 2.45) is 0 Å². The lowest BCUT2D eigenvalue weighted by atomic mass is 10.3. The van der Waals surface area contributed by atoms with E-state index in [0.29, 0.717) is 0 Å². The van der Waals surface area contributed by atoms with Crippen LogP contribution in [0.15, 0.2) is 30.6 Å². The summed E-state index contributed by atoms with van der Waals surface area (Å²) >= 11 is 0. The van der Waals surface area contributed by atoms with Crippen molar-refractivity contribution in [1.82, 2.24) is 14.8 Å². The van der Waals surface area contributed by atoms with Crippen LogP contribution in [-0.2, 0) is 6.42 Å². The third-order valence-corrected chi connectivity index (χ3v) is 2.17. The van der Waals surface area contributed by atoms with Crippen molar-refractivity contribution in [1.29, 1.82) is 0 Å². The third-order valence-electron chi connectivity index (χ3n) is 2.17. The van der Waals surface area contributed by atoms with Gasteiger partial charge < -0.3 is 0 Å². The fourth-order valence-electron chi connectivity index (χ4n) is 1.51. The fraction of sp³-hybridized carbons (Fsp3) is 0.273. The second-order valence-corrected chi connectivity index (χ2v) is 3.25. The van der Waals surface area contributed by atoms with Gasteiger partial charge in [-0.2, -0.15) is 5.10 Å². The fourth-order valence-corrected chi connectivity index (χ4v) is 1.51. The van der Waals surface area contributed by atoms with Gasteiger partial charge in [0, 0.05) is 18.1 Å². The van der Waals surface area contributed by atoms with Gasteiger partial charge in [-0.05, 0) is 31.5 Å². The molecule has 0 unspecified atom stereocenters. The van der Waals surface area contributed by atoms with Gasteiger partial charge >= 0.3 is 0 Å². The molecule has 0 aliphatic rings. The zero-order chi connectivity index (χ0) is 9.97. The van der Waals surface area contributed by atoms with Crippen molar-refractivity contribution >= 4 is 0 Å². The highest BCUT2D eigenvalue weighted by Gasteiger charge is 2.04. The van der Waals surface area contributed by atoms with Gasteiger partial charge in [0.2, 0.25) is 0 Å². The standard InChI is InChI=1S/C11H13N3/c1-3-10-8-9(2)13-14(10)11-4-6-12-7-5-11/h4-8H,3H2,1-2H3. The minimum absolute atomic E-state index is 0.989. The van der Waals surface area contributed by atoms with E-state index in [1.165, 1.54) is 5.69 Å². The molecule has 0 radical (unpaired) electrons. The summed E-state index contributed by atoms with van der Waals surface area (Å²) < 4.78 is 1.97. The first-order valence-electron chi connectivity index (χ1n) is 4.77. The highest BCUT2D eigenvalue weighted by molar-refractivity contribution is 5.31. The Labute approximate surface area is 83.4 Å². The normalized spacial score (nSPS) is 10.4. The van der Waals surface area contributed by atoms with Crippen LogP contribution in [0.3, 0.4) is 0 Å². The van der Waals surface area contributed by atoms with Crippen molar-refractivity contribution < 1.29 is 0 Å². The molecule has 2 rings (SSSR count). The molecule has 0 spiro atoms. The van der Waals surface area contributed by atoms with Gasteiger partial charge in [-0.1, -0.05) is 6.92 Å². The van der Waals surface area contributed by atoms with E-state index in [4.69, 9.17) is 0 Å². The van der Waals surface area contributed by atoms with E-state index < -0.39 is 0 Å². The second-order valence-electron chi connectivity index (χ2n) is 3.25. The third kappa shape index (κ3) is 1.53. The van der Waals surface area contributed by atoms with Crippen LogP contribution in [0.5, 0.6) is 0 Å². The Morgan fingerprint density at radius 3 is 2.64 bits per heavy atom. The van der Waals surface area contributed by atoms with Crippen LogP contribution < -0.4 is 0 Å². The van der Waals surface area contributed by atoms with Crippen LogP contribution in [0.4, 0.5) is 0 Å². The zero-order valence-electron chi connectivity index (χ0n) is 8.44. The summed E-state index contributed by atoms with van der Waals surface area (Å²) in [6, 6.07) is 6.04. The monoisotopic (exact) mass is 187 g/mol. The van der Waals surface area contributed by atoms with E-state index in [-0.39, 0.29) is 0 Å². The highest BCUT2D eigenvalue weighted by atomic mass is 15.3. The number of nitrogens with zero attached hydrogens (tertiary/aromatic N) is 3. The molecule has 0 aliphatic heterocycles. The summed E-state index contributed by atoms with van der Waals surface area (Å²) in [6.45, 7) is 4.14. The molecule has 2 aromatic heterocycles. The largest absolute Gasteiger partial charge is 0.265 e. The van der Waals surface area contributed by atoms with Gasteiger partial charge in [-0.15, -0.1) is 0 Å². The highest BCUT2D eigenvalue weighted by Crippen LogP contribution is 2.11. The lowest BCUT2D eigenvalue weighted by Gasteiger charge is -2.04. The topological polar surface area (TPSA) is 30.7 Å². The summed E-state index contributed by atoms with van der Waals surface area (Å²) in [5.74, 6) is 0. The summed E-state index contributed by atoms with van der Waals surface area (Å²) in [7, 11) is 0. The van der Waals surface area contributed by atoms with Crippen molar-refractivity contribution in [3.8, 4) is 5.69 Å². The molecule has 3 nitrogen and oxygen atoms in total. The SMILES string of the molecule is CCc1cc(C)nn1-c1ccncc1. The Hall–Kier alpha value is -1.64. The van der Waals surface area contributed by atoms with Gasteiger partial charge in [0.1, 0.15) is 0 Å². The Morgan fingerprint density at radius 1 is 1.29 bits per heavy atom. The smallest absolute Gasteiger partial charge is 0.0679 e. The number of rotatable bonds is 2. The lowest BCUT2D eigenvalue weighted by Crippen LogP contribution is -2.00. The average Bonchev–Trinajstić information content (AvgIpc) is 2.61. The second kappa shape index (κ2) is 3.62. The van der Waals surface area contributed by atoms with Gasteiger partial charge in [0.05, 0.1) is 11.4 Å². The first-order valence-corrected chi connectivity index (χ1v) is 4.77. The minimum atomic E-state index is 0.989. The summed E-state index contributed by atoms with van der Waals surface area (Å²) in [5.41, 5.74) is 3.36. The molecule has 0 saturated carbocycles. The number of aryl methyl sites for hydroxylation is 2. The van der Waals surface area contributed by atoms with Crippen molar-refractivity contribution in [2.45, 2.75) is 20.3 Å². The molecular formula is C11H13N3.